The number of halogens is 1. The van der Waals surface area contributed by atoms with E-state index in [1.54, 1.807) is 0 Å². The fourth-order valence-corrected chi connectivity index (χ4v) is 2.69. The van der Waals surface area contributed by atoms with Crippen LogP contribution in [-0.4, -0.2) is 18.5 Å². The second kappa shape index (κ2) is 5.19. The van der Waals surface area contributed by atoms with Crippen LogP contribution in [0.3, 0.4) is 0 Å². The molecule has 0 atom stereocenters. The summed E-state index contributed by atoms with van der Waals surface area (Å²) in [6.07, 6.45) is 4.24. The maximum atomic E-state index is 5.73. The van der Waals surface area contributed by atoms with Gasteiger partial charge in [0.2, 0.25) is 0 Å². The van der Waals surface area contributed by atoms with Crippen molar-refractivity contribution in [2.24, 2.45) is 5.92 Å². The molecular formula is C13H19BrN2. The van der Waals surface area contributed by atoms with Gasteiger partial charge in [-0.1, -0.05) is 28.4 Å². The highest BCUT2D eigenvalue weighted by Crippen LogP contribution is 2.28. The van der Waals surface area contributed by atoms with Crippen LogP contribution in [-0.2, 0) is 6.54 Å². The number of anilines is 1. The van der Waals surface area contributed by atoms with Crippen LogP contribution in [0.25, 0.3) is 0 Å². The molecule has 1 aromatic carbocycles. The third-order valence-electron chi connectivity index (χ3n) is 3.31. The van der Waals surface area contributed by atoms with Gasteiger partial charge in [0.25, 0.3) is 0 Å². The van der Waals surface area contributed by atoms with E-state index >= 15 is 0 Å². The van der Waals surface area contributed by atoms with E-state index in [0.29, 0.717) is 0 Å². The Labute approximate surface area is 106 Å². The van der Waals surface area contributed by atoms with Gasteiger partial charge in [-0.05, 0) is 43.5 Å². The highest BCUT2D eigenvalue weighted by molar-refractivity contribution is 9.10. The Morgan fingerprint density at radius 2 is 2.19 bits per heavy atom. The summed E-state index contributed by atoms with van der Waals surface area (Å²) in [5.74, 6) is 0.928. The molecule has 0 amide bonds. The lowest BCUT2D eigenvalue weighted by Crippen LogP contribution is -2.29. The van der Waals surface area contributed by atoms with Crippen LogP contribution in [0.4, 0.5) is 5.69 Å². The topological polar surface area (TPSA) is 29.3 Å². The molecule has 3 heteroatoms. The summed E-state index contributed by atoms with van der Waals surface area (Å²) in [4.78, 5) is 2.40. The predicted octanol–water partition coefficient (Wildman–Crippen LogP) is 3.26. The lowest BCUT2D eigenvalue weighted by molar-refractivity contribution is 0.200. The second-order valence-corrected chi connectivity index (χ2v) is 5.70. The monoisotopic (exact) mass is 282 g/mol. The van der Waals surface area contributed by atoms with Gasteiger partial charge in [0, 0.05) is 23.2 Å². The van der Waals surface area contributed by atoms with Gasteiger partial charge in [-0.15, -0.1) is 0 Å². The van der Waals surface area contributed by atoms with Crippen LogP contribution < -0.4 is 5.73 Å². The molecule has 1 saturated carbocycles. The lowest BCUT2D eigenvalue weighted by atomic mass is 9.85. The first kappa shape index (κ1) is 11.9. The standard InChI is InChI=1S/C13H19BrN2/c1-16(8-10-3-2-4-10)9-11-5-6-12(15)7-13(11)14/h5-7,10H,2-4,8-9,15H2,1H3. The molecule has 16 heavy (non-hydrogen) atoms. The molecule has 2 N–H and O–H groups in total. The van der Waals surface area contributed by atoms with E-state index in [-0.39, 0.29) is 0 Å². The molecule has 1 aliphatic carbocycles. The molecule has 0 saturated heterocycles. The van der Waals surface area contributed by atoms with Gasteiger partial charge in [0.1, 0.15) is 0 Å². The van der Waals surface area contributed by atoms with Gasteiger partial charge in [0.15, 0.2) is 0 Å². The number of nitrogens with two attached hydrogens (primary N) is 1. The Balaban J connectivity index is 1.91. The van der Waals surface area contributed by atoms with E-state index in [0.717, 1.165) is 22.6 Å². The number of nitrogens with zero attached hydrogens (tertiary/aromatic N) is 1. The van der Waals surface area contributed by atoms with Crippen LogP contribution in [0.15, 0.2) is 22.7 Å². The first-order valence-electron chi connectivity index (χ1n) is 5.87. The van der Waals surface area contributed by atoms with Crippen LogP contribution >= 0.6 is 15.9 Å². The van der Waals surface area contributed by atoms with E-state index in [2.05, 4.69) is 33.9 Å². The summed E-state index contributed by atoms with van der Waals surface area (Å²) in [5.41, 5.74) is 7.86. The van der Waals surface area contributed by atoms with E-state index in [1.165, 1.54) is 31.4 Å². The van der Waals surface area contributed by atoms with Gasteiger partial charge < -0.3 is 10.6 Å². The van der Waals surface area contributed by atoms with Crippen molar-refractivity contribution in [3.05, 3.63) is 28.2 Å². The predicted molar refractivity (Wildman–Crippen MR) is 72.2 cm³/mol. The van der Waals surface area contributed by atoms with Crippen molar-refractivity contribution in [1.29, 1.82) is 0 Å². The number of hydrogen-bond acceptors (Lipinski definition) is 2. The summed E-state index contributed by atoms with van der Waals surface area (Å²) in [7, 11) is 2.20. The van der Waals surface area contributed by atoms with Crippen molar-refractivity contribution in [2.45, 2.75) is 25.8 Å². The van der Waals surface area contributed by atoms with Gasteiger partial charge in [-0.3, -0.25) is 0 Å². The first-order valence-corrected chi connectivity index (χ1v) is 6.67. The minimum Gasteiger partial charge on any atom is -0.399 e. The average molecular weight is 283 g/mol. The van der Waals surface area contributed by atoms with Crippen LogP contribution in [0.5, 0.6) is 0 Å². The average Bonchev–Trinajstić information content (AvgIpc) is 2.16. The summed E-state index contributed by atoms with van der Waals surface area (Å²) < 4.78 is 1.12. The smallest absolute Gasteiger partial charge is 0.0325 e. The van der Waals surface area contributed by atoms with Crippen molar-refractivity contribution in [2.75, 3.05) is 19.3 Å². The lowest BCUT2D eigenvalue weighted by Gasteiger charge is -2.30. The first-order chi connectivity index (χ1) is 7.65. The molecule has 88 valence electrons. The van der Waals surface area contributed by atoms with Crippen LogP contribution in [0.1, 0.15) is 24.8 Å². The van der Waals surface area contributed by atoms with Gasteiger partial charge >= 0.3 is 0 Å². The molecule has 0 bridgehead atoms. The summed E-state index contributed by atoms with van der Waals surface area (Å²) in [6, 6.07) is 6.06. The van der Waals surface area contributed by atoms with Gasteiger partial charge in [0.05, 0.1) is 0 Å². The fourth-order valence-electron chi connectivity index (χ4n) is 2.16. The van der Waals surface area contributed by atoms with E-state index in [1.807, 2.05) is 12.1 Å². The third kappa shape index (κ3) is 2.98. The van der Waals surface area contributed by atoms with Crippen molar-refractivity contribution in [1.82, 2.24) is 4.90 Å². The Morgan fingerprint density at radius 1 is 1.44 bits per heavy atom. The van der Waals surface area contributed by atoms with Gasteiger partial charge in [-0.25, -0.2) is 0 Å². The molecule has 2 rings (SSSR count). The summed E-state index contributed by atoms with van der Waals surface area (Å²) in [6.45, 7) is 2.22. The maximum absolute atomic E-state index is 5.73. The van der Waals surface area contributed by atoms with Crippen molar-refractivity contribution in [3.8, 4) is 0 Å². The zero-order valence-corrected chi connectivity index (χ0v) is 11.3. The Morgan fingerprint density at radius 3 is 2.75 bits per heavy atom. The summed E-state index contributed by atoms with van der Waals surface area (Å²) in [5, 5.41) is 0. The minimum absolute atomic E-state index is 0.817. The zero-order valence-electron chi connectivity index (χ0n) is 9.75. The number of nitrogen functional groups attached to an aromatic ring is 1. The molecule has 0 heterocycles. The zero-order chi connectivity index (χ0) is 11.5. The third-order valence-corrected chi connectivity index (χ3v) is 4.05. The quantitative estimate of drug-likeness (QED) is 0.859. The summed E-state index contributed by atoms with van der Waals surface area (Å²) >= 11 is 3.57. The van der Waals surface area contributed by atoms with E-state index < -0.39 is 0 Å². The Hall–Kier alpha value is -0.540. The van der Waals surface area contributed by atoms with Crippen LogP contribution in [0, 0.1) is 5.92 Å². The molecule has 1 fully saturated rings. The second-order valence-electron chi connectivity index (χ2n) is 4.84. The van der Waals surface area contributed by atoms with Crippen molar-refractivity contribution < 1.29 is 0 Å². The maximum Gasteiger partial charge on any atom is 0.0325 e. The minimum atomic E-state index is 0.817. The SMILES string of the molecule is CN(Cc1ccc(N)cc1Br)CC1CCC1. The fraction of sp³-hybridized carbons (Fsp3) is 0.538. The van der Waals surface area contributed by atoms with Crippen LogP contribution in [0.2, 0.25) is 0 Å². The van der Waals surface area contributed by atoms with Gasteiger partial charge in [-0.2, -0.15) is 0 Å². The van der Waals surface area contributed by atoms with E-state index in [4.69, 9.17) is 5.73 Å². The highest BCUT2D eigenvalue weighted by atomic mass is 79.9. The molecule has 2 nitrogen and oxygen atoms in total. The normalized spacial score (nSPS) is 16.4. The molecule has 0 radical (unpaired) electrons. The van der Waals surface area contributed by atoms with E-state index in [9.17, 15) is 0 Å². The molecular weight excluding hydrogens is 264 g/mol. The molecule has 0 aromatic heterocycles. The number of hydrogen-bond donors (Lipinski definition) is 1. The Kier molecular flexibility index (Phi) is 3.87. The Bertz CT molecular complexity index is 361. The van der Waals surface area contributed by atoms with Crippen molar-refractivity contribution in [3.63, 3.8) is 0 Å². The highest BCUT2D eigenvalue weighted by Gasteiger charge is 2.19. The molecule has 1 aromatic rings. The molecule has 1 aliphatic rings. The number of benzene rings is 1. The molecule has 0 aliphatic heterocycles. The molecule has 0 unspecified atom stereocenters. The number of rotatable bonds is 4. The molecule has 0 spiro atoms. The van der Waals surface area contributed by atoms with Crippen molar-refractivity contribution >= 4 is 21.6 Å². The largest absolute Gasteiger partial charge is 0.399 e.